The Morgan fingerprint density at radius 3 is 2.79 bits per heavy atom. The molecule has 2 aromatic heterocycles. The van der Waals surface area contributed by atoms with Gasteiger partial charge in [0.25, 0.3) is 5.56 Å². The SMILES string of the molecule is O=C(Cn1c(=O)cnc2ccccc21)Nc1cccc(OCc2cccnc2)c1. The summed E-state index contributed by atoms with van der Waals surface area (Å²) in [5.74, 6) is 0.311. The smallest absolute Gasteiger partial charge is 0.269 e. The molecule has 0 radical (unpaired) electrons. The van der Waals surface area contributed by atoms with Crippen LogP contribution in [0.5, 0.6) is 5.75 Å². The van der Waals surface area contributed by atoms with Gasteiger partial charge >= 0.3 is 0 Å². The zero-order chi connectivity index (χ0) is 20.1. The van der Waals surface area contributed by atoms with Crippen LogP contribution in [0.2, 0.25) is 0 Å². The number of carbonyl (C=O) groups excluding carboxylic acids is 1. The lowest BCUT2D eigenvalue weighted by Crippen LogP contribution is -2.27. The Hall–Kier alpha value is -4.00. The normalized spacial score (nSPS) is 10.6. The number of anilines is 1. The number of carbonyl (C=O) groups is 1. The van der Waals surface area contributed by atoms with E-state index in [9.17, 15) is 9.59 Å². The van der Waals surface area contributed by atoms with E-state index in [2.05, 4.69) is 15.3 Å². The molecule has 0 saturated heterocycles. The zero-order valence-corrected chi connectivity index (χ0v) is 15.5. The summed E-state index contributed by atoms with van der Waals surface area (Å²) in [6.07, 6.45) is 4.67. The summed E-state index contributed by atoms with van der Waals surface area (Å²) in [7, 11) is 0. The highest BCUT2D eigenvalue weighted by Gasteiger charge is 2.09. The second-order valence-electron chi connectivity index (χ2n) is 6.40. The maximum Gasteiger partial charge on any atom is 0.269 e. The Balaban J connectivity index is 1.45. The molecule has 0 unspecified atom stereocenters. The van der Waals surface area contributed by atoms with Gasteiger partial charge in [0.05, 0.1) is 17.2 Å². The highest BCUT2D eigenvalue weighted by Crippen LogP contribution is 2.19. The summed E-state index contributed by atoms with van der Waals surface area (Å²) in [6, 6.07) is 18.1. The molecular weight excluding hydrogens is 368 g/mol. The first kappa shape index (κ1) is 18.4. The molecule has 29 heavy (non-hydrogen) atoms. The second kappa shape index (κ2) is 8.35. The quantitative estimate of drug-likeness (QED) is 0.551. The lowest BCUT2D eigenvalue weighted by molar-refractivity contribution is -0.116. The van der Waals surface area contributed by atoms with E-state index in [-0.39, 0.29) is 18.0 Å². The number of fused-ring (bicyclic) bond motifs is 1. The molecule has 0 saturated carbocycles. The molecule has 1 amide bonds. The minimum Gasteiger partial charge on any atom is -0.489 e. The molecule has 7 heteroatoms. The van der Waals surface area contributed by atoms with E-state index in [0.717, 1.165) is 5.56 Å². The van der Waals surface area contributed by atoms with Crippen molar-refractivity contribution >= 4 is 22.6 Å². The molecule has 4 rings (SSSR count). The standard InChI is InChI=1S/C22H18N4O3/c27-21(14-26-20-9-2-1-8-19(20)24-13-22(26)28)25-17-6-3-7-18(11-17)29-15-16-5-4-10-23-12-16/h1-13H,14-15H2,(H,25,27). The minimum absolute atomic E-state index is 0.108. The topological polar surface area (TPSA) is 86.1 Å². The molecule has 0 aliphatic rings. The molecule has 2 aromatic carbocycles. The van der Waals surface area contributed by atoms with Crippen LogP contribution in [0.25, 0.3) is 11.0 Å². The van der Waals surface area contributed by atoms with Crippen LogP contribution in [0.15, 0.2) is 84.0 Å². The summed E-state index contributed by atoms with van der Waals surface area (Å²) >= 11 is 0. The molecule has 4 aromatic rings. The second-order valence-corrected chi connectivity index (χ2v) is 6.40. The lowest BCUT2D eigenvalue weighted by Gasteiger charge is -2.11. The number of amides is 1. The van der Waals surface area contributed by atoms with Crippen molar-refractivity contribution in [3.8, 4) is 5.75 Å². The molecular formula is C22H18N4O3. The van der Waals surface area contributed by atoms with E-state index < -0.39 is 0 Å². The number of para-hydroxylation sites is 2. The average molecular weight is 386 g/mol. The van der Waals surface area contributed by atoms with Gasteiger partial charge in [-0.15, -0.1) is 0 Å². The summed E-state index contributed by atoms with van der Waals surface area (Å²) in [6.45, 7) is 0.270. The van der Waals surface area contributed by atoms with Crippen LogP contribution in [0, 0.1) is 0 Å². The molecule has 0 bridgehead atoms. The van der Waals surface area contributed by atoms with Gasteiger partial charge in [-0.25, -0.2) is 4.98 Å². The first-order chi connectivity index (χ1) is 14.2. The molecule has 7 nitrogen and oxygen atoms in total. The zero-order valence-electron chi connectivity index (χ0n) is 15.5. The van der Waals surface area contributed by atoms with Crippen LogP contribution in [0.3, 0.4) is 0 Å². The number of rotatable bonds is 6. The number of benzene rings is 2. The van der Waals surface area contributed by atoms with E-state index in [0.29, 0.717) is 29.1 Å². The molecule has 0 spiro atoms. The van der Waals surface area contributed by atoms with Crippen LogP contribution < -0.4 is 15.6 Å². The first-order valence-electron chi connectivity index (χ1n) is 9.05. The maximum absolute atomic E-state index is 12.5. The van der Waals surface area contributed by atoms with Crippen molar-refractivity contribution in [1.29, 1.82) is 0 Å². The Labute approximate surface area is 166 Å². The van der Waals surface area contributed by atoms with Gasteiger partial charge in [-0.1, -0.05) is 24.3 Å². The third-order valence-corrected chi connectivity index (χ3v) is 4.30. The lowest BCUT2D eigenvalue weighted by atomic mass is 10.2. The van der Waals surface area contributed by atoms with Gasteiger partial charge in [0, 0.05) is 29.7 Å². The third kappa shape index (κ3) is 4.47. The fourth-order valence-corrected chi connectivity index (χ4v) is 2.94. The molecule has 1 N–H and O–H groups in total. The molecule has 0 atom stereocenters. The van der Waals surface area contributed by atoms with Crippen molar-refractivity contribution in [3.63, 3.8) is 0 Å². The van der Waals surface area contributed by atoms with E-state index in [1.165, 1.54) is 10.8 Å². The van der Waals surface area contributed by atoms with Crippen LogP contribution in [0.4, 0.5) is 5.69 Å². The van der Waals surface area contributed by atoms with Gasteiger partial charge in [0.15, 0.2) is 0 Å². The predicted octanol–water partition coefficient (Wildman–Crippen LogP) is 3.01. The van der Waals surface area contributed by atoms with Crippen molar-refractivity contribution in [3.05, 3.63) is 95.2 Å². The fourth-order valence-electron chi connectivity index (χ4n) is 2.94. The number of hydrogen-bond donors (Lipinski definition) is 1. The van der Waals surface area contributed by atoms with Crippen LogP contribution in [0.1, 0.15) is 5.56 Å². The molecule has 0 fully saturated rings. The summed E-state index contributed by atoms with van der Waals surface area (Å²) < 4.78 is 7.16. The number of aromatic nitrogens is 3. The van der Waals surface area contributed by atoms with Gasteiger partial charge < -0.3 is 10.1 Å². The highest BCUT2D eigenvalue weighted by atomic mass is 16.5. The van der Waals surface area contributed by atoms with Gasteiger partial charge in [0.1, 0.15) is 18.9 Å². The van der Waals surface area contributed by atoms with Crippen molar-refractivity contribution in [2.24, 2.45) is 0 Å². The predicted molar refractivity (Wildman–Crippen MR) is 110 cm³/mol. The monoisotopic (exact) mass is 386 g/mol. The van der Waals surface area contributed by atoms with Crippen molar-refractivity contribution in [2.75, 3.05) is 5.32 Å². The van der Waals surface area contributed by atoms with Crippen molar-refractivity contribution in [2.45, 2.75) is 13.2 Å². The van der Waals surface area contributed by atoms with Crippen LogP contribution >= 0.6 is 0 Å². The Bertz CT molecular complexity index is 1210. The van der Waals surface area contributed by atoms with E-state index in [1.54, 1.807) is 48.8 Å². The Morgan fingerprint density at radius 2 is 1.93 bits per heavy atom. The molecule has 2 heterocycles. The molecule has 144 valence electrons. The number of hydrogen-bond acceptors (Lipinski definition) is 5. The van der Waals surface area contributed by atoms with Gasteiger partial charge in [-0.3, -0.25) is 19.1 Å². The van der Waals surface area contributed by atoms with Gasteiger partial charge in [-0.05, 0) is 30.3 Å². The number of nitrogens with zero attached hydrogens (tertiary/aromatic N) is 3. The minimum atomic E-state index is -0.326. The Kier molecular flexibility index (Phi) is 5.29. The fraction of sp³-hybridized carbons (Fsp3) is 0.0909. The van der Waals surface area contributed by atoms with Crippen LogP contribution in [-0.2, 0) is 17.9 Å². The molecule has 0 aliphatic carbocycles. The van der Waals surface area contributed by atoms with E-state index in [1.807, 2.05) is 24.3 Å². The Morgan fingerprint density at radius 1 is 1.03 bits per heavy atom. The van der Waals surface area contributed by atoms with Crippen molar-refractivity contribution < 1.29 is 9.53 Å². The van der Waals surface area contributed by atoms with E-state index in [4.69, 9.17) is 4.74 Å². The highest BCUT2D eigenvalue weighted by molar-refractivity contribution is 5.91. The van der Waals surface area contributed by atoms with E-state index >= 15 is 0 Å². The van der Waals surface area contributed by atoms with Gasteiger partial charge in [0.2, 0.25) is 5.91 Å². The maximum atomic E-state index is 12.5. The number of pyridine rings is 1. The van der Waals surface area contributed by atoms with Crippen molar-refractivity contribution in [1.82, 2.24) is 14.5 Å². The van der Waals surface area contributed by atoms with Gasteiger partial charge in [-0.2, -0.15) is 0 Å². The largest absolute Gasteiger partial charge is 0.489 e. The number of nitrogens with one attached hydrogen (secondary N) is 1. The number of ether oxygens (including phenoxy) is 1. The summed E-state index contributed by atoms with van der Waals surface area (Å²) in [4.78, 5) is 32.9. The summed E-state index contributed by atoms with van der Waals surface area (Å²) in [5, 5.41) is 2.81. The summed E-state index contributed by atoms with van der Waals surface area (Å²) in [5.41, 5.74) is 2.48. The van der Waals surface area contributed by atoms with Crippen LogP contribution in [-0.4, -0.2) is 20.4 Å². The molecule has 0 aliphatic heterocycles. The third-order valence-electron chi connectivity index (χ3n) is 4.30. The first-order valence-corrected chi connectivity index (χ1v) is 9.05. The average Bonchev–Trinajstić information content (AvgIpc) is 2.75.